The second-order valence-corrected chi connectivity index (χ2v) is 10.6. The van der Waals surface area contributed by atoms with Gasteiger partial charge in [-0.25, -0.2) is 8.42 Å². The molecule has 182 valence electrons. The molecule has 5 rings (SSSR count). The Kier molecular flexibility index (Phi) is 6.47. The second-order valence-electron chi connectivity index (χ2n) is 8.61. The SMILES string of the molecule is O=C(c1ccc(CS(=O)(=O)c2cccc3cccnc23)cc1)N1CCN(C(=O)c2cccnc2)CC1. The largest absolute Gasteiger partial charge is 0.335 e. The standard InChI is InChI=1S/C27H24N4O4S/c32-26(30-14-16-31(17-15-30)27(33)23-6-2-12-28-18-23)22-10-8-20(9-11-22)19-36(34,35)24-7-1-4-21-5-3-13-29-25(21)24/h1-13,18H,14-17,19H2. The first-order valence-corrected chi connectivity index (χ1v) is 13.2. The molecule has 1 fully saturated rings. The summed E-state index contributed by atoms with van der Waals surface area (Å²) in [5, 5.41) is 0.766. The van der Waals surface area contributed by atoms with Crippen LogP contribution < -0.4 is 0 Å². The van der Waals surface area contributed by atoms with Crippen LogP contribution in [0.3, 0.4) is 0 Å². The third-order valence-electron chi connectivity index (χ3n) is 6.25. The van der Waals surface area contributed by atoms with Crippen molar-refractivity contribution in [2.75, 3.05) is 26.2 Å². The molecule has 36 heavy (non-hydrogen) atoms. The molecule has 3 heterocycles. The van der Waals surface area contributed by atoms with Crippen LogP contribution in [0.25, 0.3) is 10.9 Å². The Bertz CT molecular complexity index is 1510. The second kappa shape index (κ2) is 9.87. The number of hydrogen-bond acceptors (Lipinski definition) is 6. The summed E-state index contributed by atoms with van der Waals surface area (Å²) in [5.74, 6) is -0.426. The molecule has 1 aliphatic rings. The maximum atomic E-state index is 13.1. The van der Waals surface area contributed by atoms with Gasteiger partial charge in [0, 0.05) is 55.7 Å². The normalized spacial score (nSPS) is 14.1. The lowest BCUT2D eigenvalue weighted by molar-refractivity contribution is 0.0535. The Morgan fingerprint density at radius 1 is 0.750 bits per heavy atom. The molecule has 1 saturated heterocycles. The van der Waals surface area contributed by atoms with E-state index in [1.54, 1.807) is 83.0 Å². The molecule has 2 amide bonds. The van der Waals surface area contributed by atoms with Crippen LogP contribution in [0.1, 0.15) is 26.3 Å². The lowest BCUT2D eigenvalue weighted by atomic mass is 10.1. The maximum Gasteiger partial charge on any atom is 0.255 e. The molecule has 0 aliphatic carbocycles. The van der Waals surface area contributed by atoms with Gasteiger partial charge in [-0.2, -0.15) is 0 Å². The zero-order valence-electron chi connectivity index (χ0n) is 19.4. The molecule has 2 aromatic heterocycles. The number of piperazine rings is 1. The zero-order chi connectivity index (χ0) is 25.1. The Morgan fingerprint density at radius 2 is 1.39 bits per heavy atom. The molecular weight excluding hydrogens is 476 g/mol. The van der Waals surface area contributed by atoms with Gasteiger partial charge in [0.25, 0.3) is 11.8 Å². The zero-order valence-corrected chi connectivity index (χ0v) is 20.3. The Hall–Kier alpha value is -4.11. The molecule has 9 heteroatoms. The average molecular weight is 501 g/mol. The van der Waals surface area contributed by atoms with Gasteiger partial charge in [0.05, 0.1) is 21.7 Å². The summed E-state index contributed by atoms with van der Waals surface area (Å²) >= 11 is 0. The number of rotatable bonds is 5. The maximum absolute atomic E-state index is 13.1. The van der Waals surface area contributed by atoms with E-state index in [2.05, 4.69) is 9.97 Å². The van der Waals surface area contributed by atoms with E-state index in [0.717, 1.165) is 5.39 Å². The highest BCUT2D eigenvalue weighted by molar-refractivity contribution is 7.90. The fourth-order valence-electron chi connectivity index (χ4n) is 4.33. The first kappa shape index (κ1) is 23.6. The van der Waals surface area contributed by atoms with Gasteiger partial charge in [0.15, 0.2) is 9.84 Å². The average Bonchev–Trinajstić information content (AvgIpc) is 2.93. The van der Waals surface area contributed by atoms with Crippen molar-refractivity contribution < 1.29 is 18.0 Å². The molecule has 4 aromatic rings. The Labute approximate surface area is 209 Å². The van der Waals surface area contributed by atoms with Crippen molar-refractivity contribution in [3.05, 3.63) is 102 Å². The molecular formula is C27H24N4O4S. The quantitative estimate of drug-likeness (QED) is 0.417. The number of carbonyl (C=O) groups excluding carboxylic acids is 2. The van der Waals surface area contributed by atoms with Gasteiger partial charge >= 0.3 is 0 Å². The third-order valence-corrected chi connectivity index (χ3v) is 7.96. The summed E-state index contributed by atoms with van der Waals surface area (Å²) in [4.78, 5) is 37.5. The van der Waals surface area contributed by atoms with Crippen LogP contribution in [0.4, 0.5) is 0 Å². The molecule has 1 aliphatic heterocycles. The van der Waals surface area contributed by atoms with Crippen LogP contribution >= 0.6 is 0 Å². The summed E-state index contributed by atoms with van der Waals surface area (Å²) < 4.78 is 26.2. The summed E-state index contributed by atoms with van der Waals surface area (Å²) in [6.45, 7) is 1.73. The van der Waals surface area contributed by atoms with Gasteiger partial charge in [0.2, 0.25) is 0 Å². The third kappa shape index (κ3) is 4.83. The number of amides is 2. The van der Waals surface area contributed by atoms with E-state index in [1.807, 2.05) is 12.1 Å². The van der Waals surface area contributed by atoms with Crippen molar-refractivity contribution in [1.82, 2.24) is 19.8 Å². The highest BCUT2D eigenvalue weighted by atomic mass is 32.2. The van der Waals surface area contributed by atoms with E-state index >= 15 is 0 Å². The number of pyridine rings is 2. The minimum Gasteiger partial charge on any atom is -0.335 e. The number of benzene rings is 2. The smallest absolute Gasteiger partial charge is 0.255 e. The van der Waals surface area contributed by atoms with Gasteiger partial charge in [0.1, 0.15) is 0 Å². The first-order chi connectivity index (χ1) is 17.4. The summed E-state index contributed by atoms with van der Waals surface area (Å²) in [5.41, 5.74) is 2.05. The lowest BCUT2D eigenvalue weighted by Gasteiger charge is -2.34. The number of nitrogens with zero attached hydrogens (tertiary/aromatic N) is 4. The number of carbonyl (C=O) groups is 2. The van der Waals surface area contributed by atoms with Crippen LogP contribution in [0.2, 0.25) is 0 Å². The molecule has 0 radical (unpaired) electrons. The lowest BCUT2D eigenvalue weighted by Crippen LogP contribution is -2.50. The van der Waals surface area contributed by atoms with Gasteiger partial charge in [-0.15, -0.1) is 0 Å². The summed E-state index contributed by atoms with van der Waals surface area (Å²) in [6.07, 6.45) is 4.74. The van der Waals surface area contributed by atoms with Crippen LogP contribution in [0.15, 0.2) is 90.2 Å². The molecule has 0 N–H and O–H groups in total. The molecule has 0 saturated carbocycles. The Balaban J connectivity index is 1.23. The van der Waals surface area contributed by atoms with Gasteiger partial charge in [-0.3, -0.25) is 19.6 Å². The van der Waals surface area contributed by atoms with Crippen molar-refractivity contribution in [2.45, 2.75) is 10.6 Å². The van der Waals surface area contributed by atoms with Crippen LogP contribution in [0.5, 0.6) is 0 Å². The number of hydrogen-bond donors (Lipinski definition) is 0. The highest BCUT2D eigenvalue weighted by Gasteiger charge is 2.26. The molecule has 2 aromatic carbocycles. The van der Waals surface area contributed by atoms with E-state index in [1.165, 1.54) is 0 Å². The predicted molar refractivity (Wildman–Crippen MR) is 135 cm³/mol. The van der Waals surface area contributed by atoms with E-state index < -0.39 is 9.84 Å². The number of sulfone groups is 1. The minimum absolute atomic E-state index is 0.0952. The number of para-hydroxylation sites is 1. The fourth-order valence-corrected chi connectivity index (χ4v) is 5.87. The van der Waals surface area contributed by atoms with Crippen molar-refractivity contribution in [3.63, 3.8) is 0 Å². The van der Waals surface area contributed by atoms with Crippen molar-refractivity contribution in [1.29, 1.82) is 0 Å². The molecule has 0 bridgehead atoms. The van der Waals surface area contributed by atoms with E-state index in [9.17, 15) is 18.0 Å². The van der Waals surface area contributed by atoms with Gasteiger partial charge in [-0.05, 0) is 42.0 Å². The van der Waals surface area contributed by atoms with Crippen molar-refractivity contribution in [2.24, 2.45) is 0 Å². The van der Waals surface area contributed by atoms with Crippen molar-refractivity contribution in [3.8, 4) is 0 Å². The first-order valence-electron chi connectivity index (χ1n) is 11.6. The predicted octanol–water partition coefficient (Wildman–Crippen LogP) is 3.20. The van der Waals surface area contributed by atoms with E-state index in [-0.39, 0.29) is 22.5 Å². The monoisotopic (exact) mass is 500 g/mol. The van der Waals surface area contributed by atoms with Crippen molar-refractivity contribution >= 4 is 32.6 Å². The number of fused-ring (bicyclic) bond motifs is 1. The Morgan fingerprint density at radius 3 is 2.06 bits per heavy atom. The van der Waals surface area contributed by atoms with Crippen LogP contribution in [0, 0.1) is 0 Å². The molecule has 0 unspecified atom stereocenters. The van der Waals surface area contributed by atoms with Gasteiger partial charge < -0.3 is 9.80 Å². The van der Waals surface area contributed by atoms with Gasteiger partial charge in [-0.1, -0.05) is 30.3 Å². The summed E-state index contributed by atoms with van der Waals surface area (Å²) in [7, 11) is -3.63. The number of aromatic nitrogens is 2. The summed E-state index contributed by atoms with van der Waals surface area (Å²) in [6, 6.07) is 18.8. The minimum atomic E-state index is -3.63. The van der Waals surface area contributed by atoms with E-state index in [4.69, 9.17) is 0 Å². The molecule has 8 nitrogen and oxygen atoms in total. The van der Waals surface area contributed by atoms with Crippen LogP contribution in [-0.4, -0.2) is 66.2 Å². The molecule has 0 atom stereocenters. The molecule has 0 spiro atoms. The highest BCUT2D eigenvalue weighted by Crippen LogP contribution is 2.24. The topological polar surface area (TPSA) is 101 Å². The fraction of sp³-hybridized carbons (Fsp3) is 0.185. The van der Waals surface area contributed by atoms with Crippen LogP contribution in [-0.2, 0) is 15.6 Å². The van der Waals surface area contributed by atoms with E-state index in [0.29, 0.717) is 48.4 Å².